The first kappa shape index (κ1) is 17.9. The molecule has 0 saturated carbocycles. The molecule has 3 nitrogen and oxygen atoms in total. The van der Waals surface area contributed by atoms with Crippen LogP contribution in [0.15, 0.2) is 0 Å². The highest BCUT2D eigenvalue weighted by molar-refractivity contribution is 5.72. The van der Waals surface area contributed by atoms with Crippen molar-refractivity contribution in [2.24, 2.45) is 17.8 Å². The molecule has 0 amide bonds. The van der Waals surface area contributed by atoms with E-state index in [1.54, 1.807) is 6.92 Å². The second-order valence-electron chi connectivity index (χ2n) is 5.79. The molecule has 4 unspecified atom stereocenters. The van der Waals surface area contributed by atoms with Gasteiger partial charge < -0.3 is 4.74 Å². The Balaban J connectivity index is 4.08. The Hall–Kier alpha value is -1.11. The summed E-state index contributed by atoms with van der Waals surface area (Å²) < 4.78 is 18.8. The highest BCUT2D eigenvalue weighted by Crippen LogP contribution is 2.18. The van der Waals surface area contributed by atoms with Crippen LogP contribution in [0.1, 0.15) is 53.9 Å². The average molecular weight is 271 g/mol. The molecule has 0 bridgehead atoms. The Labute approximate surface area is 116 Å². The van der Waals surface area contributed by atoms with Gasteiger partial charge in [-0.25, -0.2) is 4.39 Å². The van der Waals surface area contributed by atoms with Crippen LogP contribution >= 0.6 is 0 Å². The Morgan fingerprint density at radius 3 is 2.26 bits per heavy atom. The molecule has 0 rings (SSSR count). The topological polar surface area (TPSA) is 50.1 Å². The monoisotopic (exact) mass is 271 g/mol. The molecule has 0 aliphatic heterocycles. The minimum absolute atomic E-state index is 0.0807. The van der Waals surface area contributed by atoms with Crippen molar-refractivity contribution in [2.75, 3.05) is 0 Å². The van der Waals surface area contributed by atoms with Gasteiger partial charge in [0.1, 0.15) is 12.3 Å². The summed E-state index contributed by atoms with van der Waals surface area (Å²) in [4.78, 5) is 11.8. The number of halogens is 1. The molecule has 0 fully saturated rings. The number of hydrogen-bond donors (Lipinski definition) is 0. The molecule has 0 spiro atoms. The van der Waals surface area contributed by atoms with Gasteiger partial charge in [-0.2, -0.15) is 5.26 Å². The first-order valence-electron chi connectivity index (χ1n) is 7.02. The summed E-state index contributed by atoms with van der Waals surface area (Å²) in [7, 11) is 0. The van der Waals surface area contributed by atoms with Crippen LogP contribution in [0.2, 0.25) is 0 Å². The van der Waals surface area contributed by atoms with Crippen LogP contribution in [0.25, 0.3) is 0 Å². The molecule has 0 aliphatic carbocycles. The van der Waals surface area contributed by atoms with Gasteiger partial charge in [-0.15, -0.1) is 0 Å². The van der Waals surface area contributed by atoms with Crippen molar-refractivity contribution >= 4 is 5.97 Å². The summed E-state index contributed by atoms with van der Waals surface area (Å²) in [5, 5.41) is 8.61. The van der Waals surface area contributed by atoms with Gasteiger partial charge in [-0.05, 0) is 26.2 Å². The van der Waals surface area contributed by atoms with E-state index in [9.17, 15) is 9.18 Å². The van der Waals surface area contributed by atoms with E-state index in [0.29, 0.717) is 5.92 Å². The van der Waals surface area contributed by atoms with Crippen molar-refractivity contribution in [1.82, 2.24) is 0 Å². The summed E-state index contributed by atoms with van der Waals surface area (Å²) in [6, 6.07) is 1.86. The number of carbonyl (C=O) groups is 1. The molecular weight excluding hydrogens is 245 g/mol. The highest BCUT2D eigenvalue weighted by atomic mass is 19.1. The number of alkyl halides is 1. The fourth-order valence-electron chi connectivity index (χ4n) is 1.67. The molecule has 110 valence electrons. The van der Waals surface area contributed by atoms with Crippen molar-refractivity contribution in [2.45, 2.75) is 66.2 Å². The lowest BCUT2D eigenvalue weighted by Gasteiger charge is -2.19. The molecule has 0 aromatic carbocycles. The van der Waals surface area contributed by atoms with Gasteiger partial charge >= 0.3 is 5.97 Å². The van der Waals surface area contributed by atoms with Crippen LogP contribution in [0.5, 0.6) is 0 Å². The van der Waals surface area contributed by atoms with E-state index in [4.69, 9.17) is 10.00 Å². The van der Waals surface area contributed by atoms with E-state index in [1.807, 2.05) is 13.0 Å². The molecule has 0 saturated heterocycles. The van der Waals surface area contributed by atoms with Crippen LogP contribution in [0.3, 0.4) is 0 Å². The lowest BCUT2D eigenvalue weighted by Crippen LogP contribution is -2.25. The van der Waals surface area contributed by atoms with E-state index in [-0.39, 0.29) is 18.3 Å². The highest BCUT2D eigenvalue weighted by Gasteiger charge is 2.23. The number of ether oxygens (including phenoxy) is 1. The van der Waals surface area contributed by atoms with E-state index < -0.39 is 18.2 Å². The zero-order chi connectivity index (χ0) is 15.0. The van der Waals surface area contributed by atoms with E-state index in [2.05, 4.69) is 13.8 Å². The van der Waals surface area contributed by atoms with Gasteiger partial charge in [-0.3, -0.25) is 4.79 Å². The van der Waals surface area contributed by atoms with Crippen molar-refractivity contribution in [3.05, 3.63) is 0 Å². The van der Waals surface area contributed by atoms with Crippen LogP contribution in [0, 0.1) is 29.1 Å². The molecule has 4 atom stereocenters. The Bertz CT molecular complexity index is 312. The second-order valence-corrected chi connectivity index (χ2v) is 5.79. The average Bonchev–Trinajstić information content (AvgIpc) is 2.34. The van der Waals surface area contributed by atoms with Crippen LogP contribution in [0.4, 0.5) is 4.39 Å². The van der Waals surface area contributed by atoms with Crippen LogP contribution in [-0.4, -0.2) is 18.2 Å². The maximum atomic E-state index is 13.5. The predicted octanol–water partition coefficient (Wildman–Crippen LogP) is 3.88. The smallest absolute Gasteiger partial charge is 0.308 e. The first-order valence-corrected chi connectivity index (χ1v) is 7.02. The van der Waals surface area contributed by atoms with Crippen LogP contribution < -0.4 is 0 Å². The second kappa shape index (κ2) is 8.90. The zero-order valence-corrected chi connectivity index (χ0v) is 12.6. The quantitative estimate of drug-likeness (QED) is 0.629. The minimum atomic E-state index is -1.25. The van der Waals surface area contributed by atoms with Gasteiger partial charge in [0.15, 0.2) is 0 Å². The SMILES string of the molecule is CC(C)CCC(C)C(=O)OC(C)CC(F)C(C)C#N. The Morgan fingerprint density at radius 1 is 1.21 bits per heavy atom. The molecule has 0 aliphatic rings. The largest absolute Gasteiger partial charge is 0.462 e. The predicted molar refractivity (Wildman–Crippen MR) is 73.1 cm³/mol. The third-order valence-corrected chi connectivity index (χ3v) is 3.20. The fraction of sp³-hybridized carbons (Fsp3) is 0.867. The van der Waals surface area contributed by atoms with E-state index in [1.165, 1.54) is 6.92 Å². The summed E-state index contributed by atoms with van der Waals surface area (Å²) >= 11 is 0. The number of esters is 1. The minimum Gasteiger partial charge on any atom is -0.462 e. The van der Waals surface area contributed by atoms with Crippen LogP contribution in [-0.2, 0) is 9.53 Å². The normalized spacial score (nSPS) is 17.4. The summed E-state index contributed by atoms with van der Waals surface area (Å²) in [6.07, 6.45) is 0.106. The number of hydrogen-bond acceptors (Lipinski definition) is 3. The van der Waals surface area contributed by atoms with Crippen molar-refractivity contribution in [3.8, 4) is 6.07 Å². The molecule has 19 heavy (non-hydrogen) atoms. The van der Waals surface area contributed by atoms with Crippen molar-refractivity contribution in [3.63, 3.8) is 0 Å². The van der Waals surface area contributed by atoms with E-state index >= 15 is 0 Å². The summed E-state index contributed by atoms with van der Waals surface area (Å²) in [5.41, 5.74) is 0. The van der Waals surface area contributed by atoms with Crippen molar-refractivity contribution in [1.29, 1.82) is 5.26 Å². The summed E-state index contributed by atoms with van der Waals surface area (Å²) in [5.74, 6) is -0.542. The van der Waals surface area contributed by atoms with Gasteiger partial charge in [0.05, 0.1) is 17.9 Å². The fourth-order valence-corrected chi connectivity index (χ4v) is 1.67. The Morgan fingerprint density at radius 2 is 1.79 bits per heavy atom. The molecule has 0 radical (unpaired) electrons. The molecule has 0 heterocycles. The lowest BCUT2D eigenvalue weighted by atomic mass is 9.99. The molecule has 0 aromatic heterocycles. The molecular formula is C15H26FNO2. The third kappa shape index (κ3) is 7.81. The standard InChI is InChI=1S/C15H26FNO2/c1-10(2)6-7-11(3)15(18)19-13(5)8-14(16)12(4)9-17/h10-14H,6-8H2,1-5H3. The summed E-state index contributed by atoms with van der Waals surface area (Å²) in [6.45, 7) is 9.26. The van der Waals surface area contributed by atoms with E-state index in [0.717, 1.165) is 12.8 Å². The Kier molecular flexibility index (Phi) is 8.38. The first-order chi connectivity index (χ1) is 8.77. The van der Waals surface area contributed by atoms with Crippen molar-refractivity contribution < 1.29 is 13.9 Å². The zero-order valence-electron chi connectivity index (χ0n) is 12.6. The number of nitrogens with zero attached hydrogens (tertiary/aromatic N) is 1. The number of rotatable bonds is 8. The number of carbonyl (C=O) groups excluding carboxylic acids is 1. The molecule has 0 N–H and O–H groups in total. The maximum absolute atomic E-state index is 13.5. The van der Waals surface area contributed by atoms with Gasteiger partial charge in [0, 0.05) is 6.42 Å². The maximum Gasteiger partial charge on any atom is 0.308 e. The van der Waals surface area contributed by atoms with Gasteiger partial charge in [0.2, 0.25) is 0 Å². The third-order valence-electron chi connectivity index (χ3n) is 3.20. The van der Waals surface area contributed by atoms with Gasteiger partial charge in [-0.1, -0.05) is 27.2 Å². The molecule has 4 heteroatoms. The number of nitriles is 1. The molecule has 0 aromatic rings. The van der Waals surface area contributed by atoms with Gasteiger partial charge in [0.25, 0.3) is 0 Å². The lowest BCUT2D eigenvalue weighted by molar-refractivity contribution is -0.153.